The second kappa shape index (κ2) is 18.9. The lowest BCUT2D eigenvalue weighted by Crippen LogP contribution is -2.55. The van der Waals surface area contributed by atoms with Crippen molar-refractivity contribution in [1.29, 1.82) is 0 Å². The van der Waals surface area contributed by atoms with Crippen LogP contribution in [0.5, 0.6) is 0 Å². The molecule has 2 unspecified atom stereocenters. The molecule has 0 radical (unpaired) electrons. The summed E-state index contributed by atoms with van der Waals surface area (Å²) in [5.74, 6) is -3.05. The van der Waals surface area contributed by atoms with E-state index in [4.69, 9.17) is 28.3 Å². The van der Waals surface area contributed by atoms with Gasteiger partial charge in [0.25, 0.3) is 0 Å². The first-order valence-electron chi connectivity index (χ1n) is 16.6. The minimum absolute atomic E-state index is 0.104. The van der Waals surface area contributed by atoms with Gasteiger partial charge in [-0.1, -0.05) is 35.3 Å². The number of carboxylic acid groups (broad SMARTS) is 1. The number of carbonyl (C=O) groups excluding carboxylic acids is 3. The number of benzene rings is 3. The summed E-state index contributed by atoms with van der Waals surface area (Å²) in [4.78, 5) is 52.6. The predicted molar refractivity (Wildman–Crippen MR) is 200 cm³/mol. The zero-order valence-electron chi connectivity index (χ0n) is 29.3. The second-order valence-corrected chi connectivity index (χ2v) is 13.9. The highest BCUT2D eigenvalue weighted by Crippen LogP contribution is 2.28. The van der Waals surface area contributed by atoms with Crippen molar-refractivity contribution in [2.24, 2.45) is 11.8 Å². The van der Waals surface area contributed by atoms with Gasteiger partial charge in [0.05, 0.1) is 10.0 Å². The summed E-state index contributed by atoms with van der Waals surface area (Å²) >= 11 is 11.4. The van der Waals surface area contributed by atoms with Gasteiger partial charge >= 0.3 is 5.97 Å². The lowest BCUT2D eigenvalue weighted by atomic mass is 9.96. The summed E-state index contributed by atoms with van der Waals surface area (Å²) in [6.45, 7) is 8.01. The van der Waals surface area contributed by atoms with Crippen molar-refractivity contribution in [3.63, 3.8) is 0 Å². The highest BCUT2D eigenvalue weighted by atomic mass is 35.5. The molecular formula is C38H40Cl2F3N5O5. The maximum absolute atomic E-state index is 14.1. The molecule has 282 valence electrons. The van der Waals surface area contributed by atoms with Crippen molar-refractivity contribution >= 4 is 70.4 Å². The molecule has 3 saturated heterocycles. The Labute approximate surface area is 315 Å². The summed E-state index contributed by atoms with van der Waals surface area (Å²) in [5, 5.41) is 13.3. The summed E-state index contributed by atoms with van der Waals surface area (Å²) in [7, 11) is 2.12. The molecule has 3 N–H and O–H groups in total. The Kier molecular flexibility index (Phi) is 14.6. The van der Waals surface area contributed by atoms with Crippen LogP contribution in [0, 0.1) is 29.3 Å². The number of carbonyl (C=O) groups is 4. The van der Waals surface area contributed by atoms with Crippen LogP contribution in [0.2, 0.25) is 10.0 Å². The Morgan fingerprint density at radius 1 is 0.755 bits per heavy atom. The van der Waals surface area contributed by atoms with E-state index in [0.29, 0.717) is 24.3 Å². The lowest BCUT2D eigenvalue weighted by Gasteiger charge is -2.44. The maximum Gasteiger partial charge on any atom is 0.328 e. The van der Waals surface area contributed by atoms with E-state index in [9.17, 15) is 32.3 Å². The van der Waals surface area contributed by atoms with E-state index < -0.39 is 17.6 Å². The molecule has 15 heteroatoms. The number of nitrogens with zero attached hydrogens (tertiary/aromatic N) is 3. The Bertz CT molecular complexity index is 1870. The topological polar surface area (TPSA) is 122 Å². The highest BCUT2D eigenvalue weighted by Gasteiger charge is 2.32. The first kappa shape index (κ1) is 41.1. The van der Waals surface area contributed by atoms with Crippen LogP contribution in [0.1, 0.15) is 30.5 Å². The molecule has 2 bridgehead atoms. The van der Waals surface area contributed by atoms with Gasteiger partial charge in [-0.3, -0.25) is 19.3 Å². The van der Waals surface area contributed by atoms with Gasteiger partial charge in [-0.25, -0.2) is 18.0 Å². The van der Waals surface area contributed by atoms with E-state index in [1.54, 1.807) is 0 Å². The van der Waals surface area contributed by atoms with Gasteiger partial charge in [-0.2, -0.15) is 0 Å². The minimum atomic E-state index is -1.17. The summed E-state index contributed by atoms with van der Waals surface area (Å²) in [6, 6.07) is 11.5. The van der Waals surface area contributed by atoms with Gasteiger partial charge in [0, 0.05) is 106 Å². The van der Waals surface area contributed by atoms with Crippen LogP contribution in [-0.4, -0.2) is 89.8 Å². The molecule has 0 aromatic heterocycles. The molecule has 0 spiro atoms. The quantitative estimate of drug-likeness (QED) is 0.219. The maximum atomic E-state index is 14.1. The van der Waals surface area contributed by atoms with Crippen molar-refractivity contribution in [1.82, 2.24) is 14.7 Å². The first-order chi connectivity index (χ1) is 25.1. The average Bonchev–Trinajstić information content (AvgIpc) is 3.04. The number of aliphatic carboxylic acids is 1. The molecular weight excluding hydrogens is 734 g/mol. The fourth-order valence-electron chi connectivity index (χ4n) is 6.39. The van der Waals surface area contributed by atoms with E-state index in [1.165, 1.54) is 62.4 Å². The third kappa shape index (κ3) is 12.7. The first-order valence-corrected chi connectivity index (χ1v) is 17.4. The molecule has 0 aliphatic carbocycles. The monoisotopic (exact) mass is 773 g/mol. The van der Waals surface area contributed by atoms with Crippen molar-refractivity contribution in [2.75, 3.05) is 56.9 Å². The summed E-state index contributed by atoms with van der Waals surface area (Å²) < 4.78 is 40.6. The zero-order valence-corrected chi connectivity index (χ0v) is 30.9. The molecule has 3 amide bonds. The van der Waals surface area contributed by atoms with Crippen LogP contribution >= 0.6 is 23.2 Å². The van der Waals surface area contributed by atoms with Gasteiger partial charge in [0.1, 0.15) is 17.5 Å². The number of hydrogen-bond donors (Lipinski definition) is 3. The molecule has 3 aromatic rings. The van der Waals surface area contributed by atoms with Crippen LogP contribution in [0.25, 0.3) is 12.2 Å². The third-order valence-corrected chi connectivity index (χ3v) is 8.96. The van der Waals surface area contributed by atoms with Crippen molar-refractivity contribution in [2.45, 2.75) is 20.4 Å². The van der Waals surface area contributed by atoms with Crippen LogP contribution in [0.15, 0.2) is 60.7 Å². The van der Waals surface area contributed by atoms with Crippen LogP contribution in [0.4, 0.5) is 24.5 Å². The largest absolute Gasteiger partial charge is 0.478 e. The zero-order chi connectivity index (χ0) is 38.8. The molecule has 2 atom stereocenters. The average molecular weight is 775 g/mol. The summed E-state index contributed by atoms with van der Waals surface area (Å²) in [5.41, 5.74) is 2.27. The van der Waals surface area contributed by atoms with E-state index in [2.05, 4.69) is 27.5 Å². The summed E-state index contributed by atoms with van der Waals surface area (Å²) in [6.07, 6.45) is 4.97. The molecule has 10 nitrogen and oxygen atoms in total. The van der Waals surface area contributed by atoms with Gasteiger partial charge in [0.2, 0.25) is 17.7 Å². The Hall–Kier alpha value is -4.69. The van der Waals surface area contributed by atoms with Crippen molar-refractivity contribution in [3.05, 3.63) is 105 Å². The normalized spacial score (nSPS) is 17.8. The van der Waals surface area contributed by atoms with Gasteiger partial charge < -0.3 is 25.5 Å². The van der Waals surface area contributed by atoms with E-state index in [1.807, 2.05) is 17.0 Å². The number of amides is 3. The smallest absolute Gasteiger partial charge is 0.328 e. The van der Waals surface area contributed by atoms with Gasteiger partial charge in [-0.15, -0.1) is 0 Å². The van der Waals surface area contributed by atoms with Gasteiger partial charge in [-0.05, 0) is 61.2 Å². The fraction of sp³-hybridized carbons (Fsp3) is 0.316. The molecule has 3 heterocycles. The number of nitrogens with one attached hydrogen (secondary N) is 2. The molecule has 3 aromatic carbocycles. The molecule has 3 aliphatic rings. The molecule has 3 aliphatic heterocycles. The lowest BCUT2D eigenvalue weighted by molar-refractivity contribution is -0.131. The van der Waals surface area contributed by atoms with Crippen LogP contribution in [-0.2, 0) is 25.7 Å². The molecule has 0 saturated carbocycles. The SMILES string of the molecule is CC(=O)Nc1cc(Cl)c(F)cc1/C=C/C(=O)N1CC2CN(C)CC(CN(Cc3ccc(F)cc3)C2)C1.CC(=O)Nc1cc(Cl)c(F)cc1/C=C/C(=O)O. The Morgan fingerprint density at radius 2 is 1.23 bits per heavy atom. The van der Waals surface area contributed by atoms with E-state index >= 15 is 0 Å². The minimum Gasteiger partial charge on any atom is -0.478 e. The number of anilines is 2. The van der Waals surface area contributed by atoms with E-state index in [0.717, 1.165) is 50.4 Å². The van der Waals surface area contributed by atoms with E-state index in [-0.39, 0.29) is 56.7 Å². The second-order valence-electron chi connectivity index (χ2n) is 13.1. The van der Waals surface area contributed by atoms with Crippen LogP contribution < -0.4 is 10.6 Å². The van der Waals surface area contributed by atoms with Crippen molar-refractivity contribution in [3.8, 4) is 0 Å². The predicted octanol–water partition coefficient (Wildman–Crippen LogP) is 6.65. The number of rotatable bonds is 8. The van der Waals surface area contributed by atoms with Crippen molar-refractivity contribution < 1.29 is 37.5 Å². The van der Waals surface area contributed by atoms with Gasteiger partial charge in [0.15, 0.2) is 0 Å². The fourth-order valence-corrected chi connectivity index (χ4v) is 6.71. The molecule has 53 heavy (non-hydrogen) atoms. The highest BCUT2D eigenvalue weighted by molar-refractivity contribution is 6.31. The molecule has 6 rings (SSSR count). The number of halogens is 5. The number of carboxylic acids is 1. The Morgan fingerprint density at radius 3 is 1.68 bits per heavy atom. The Balaban J connectivity index is 0.000000310. The number of hydrogen-bond acceptors (Lipinski definition) is 6. The number of fused-ring (bicyclic) bond motifs is 6. The standard InChI is InChI=1S/C27H31ClF2N4O2.C11H9ClFNO3/c1-18(35)31-26-10-24(28)25(30)9-22(26)5-8-27(36)34-16-20-11-32(2)12-21(17-34)15-33(14-20)13-19-3-6-23(29)7-4-19;1-6(15)14-10-5-8(12)9(13)4-7(10)2-3-11(16)17/h3-10,20-21H,11-17H2,1-2H3,(H,31,35);2-5H,1H3,(H,14,15)(H,16,17)/b8-5+;3-2+. The third-order valence-electron chi connectivity index (χ3n) is 8.38. The molecule has 3 fully saturated rings. The van der Waals surface area contributed by atoms with Crippen LogP contribution in [0.3, 0.4) is 0 Å².